The lowest BCUT2D eigenvalue weighted by Gasteiger charge is -2.41. The lowest BCUT2D eigenvalue weighted by molar-refractivity contribution is 0.102. The summed E-state index contributed by atoms with van der Waals surface area (Å²) in [6.07, 6.45) is 7.87. The van der Waals surface area contributed by atoms with E-state index in [-0.39, 0.29) is 5.54 Å². The summed E-state index contributed by atoms with van der Waals surface area (Å²) < 4.78 is 0. The zero-order valence-corrected chi connectivity index (χ0v) is 12.9. The van der Waals surface area contributed by atoms with Crippen LogP contribution in [0.4, 0.5) is 0 Å². The van der Waals surface area contributed by atoms with Crippen LogP contribution >= 0.6 is 0 Å². The molecule has 2 unspecified atom stereocenters. The largest absolute Gasteiger partial charge is 0.329 e. The van der Waals surface area contributed by atoms with Gasteiger partial charge in [-0.2, -0.15) is 0 Å². The minimum absolute atomic E-state index is 0.275. The Balaban J connectivity index is 2.51. The van der Waals surface area contributed by atoms with Gasteiger partial charge in [0, 0.05) is 12.1 Å². The van der Waals surface area contributed by atoms with Crippen LogP contribution < -0.4 is 5.73 Å². The first kappa shape index (κ1) is 15.9. The molecule has 0 amide bonds. The minimum Gasteiger partial charge on any atom is -0.329 e. The van der Waals surface area contributed by atoms with E-state index in [1.165, 1.54) is 51.6 Å². The number of hydrogen-bond donors (Lipinski definition) is 1. The van der Waals surface area contributed by atoms with Crippen LogP contribution in [-0.4, -0.2) is 56.1 Å². The Labute approximate surface area is 114 Å². The van der Waals surface area contributed by atoms with Gasteiger partial charge in [0.2, 0.25) is 0 Å². The Morgan fingerprint density at radius 2 is 1.83 bits per heavy atom. The van der Waals surface area contributed by atoms with Crippen molar-refractivity contribution in [3.05, 3.63) is 0 Å². The van der Waals surface area contributed by atoms with Crippen LogP contribution in [0, 0.1) is 5.92 Å². The summed E-state index contributed by atoms with van der Waals surface area (Å²) in [5.41, 5.74) is 6.41. The fraction of sp³-hybridized carbons (Fsp3) is 1.00. The van der Waals surface area contributed by atoms with Gasteiger partial charge < -0.3 is 10.6 Å². The standard InChI is InChI=1S/C15H33N3/c1-14-7-5-9-15(13-16,10-8-14)18(4)12-6-11-17(2)3/h14H,5-13,16H2,1-4H3. The summed E-state index contributed by atoms with van der Waals surface area (Å²) in [5, 5.41) is 0. The molecule has 3 heteroatoms. The zero-order valence-electron chi connectivity index (χ0n) is 12.9. The van der Waals surface area contributed by atoms with Crippen LogP contribution in [0.2, 0.25) is 0 Å². The lowest BCUT2D eigenvalue weighted by atomic mass is 9.88. The topological polar surface area (TPSA) is 32.5 Å². The summed E-state index contributed by atoms with van der Waals surface area (Å²) in [5.74, 6) is 0.883. The first-order chi connectivity index (χ1) is 8.50. The van der Waals surface area contributed by atoms with Gasteiger partial charge in [0.15, 0.2) is 0 Å². The summed E-state index contributed by atoms with van der Waals surface area (Å²) in [4.78, 5) is 4.81. The minimum atomic E-state index is 0.275. The van der Waals surface area contributed by atoms with Gasteiger partial charge in [-0.15, -0.1) is 0 Å². The van der Waals surface area contributed by atoms with Crippen LogP contribution in [0.5, 0.6) is 0 Å². The van der Waals surface area contributed by atoms with Crippen molar-refractivity contribution in [2.75, 3.05) is 40.8 Å². The van der Waals surface area contributed by atoms with Gasteiger partial charge in [-0.3, -0.25) is 4.90 Å². The van der Waals surface area contributed by atoms with Crippen molar-refractivity contribution in [1.29, 1.82) is 0 Å². The molecule has 0 radical (unpaired) electrons. The second-order valence-corrected chi connectivity index (χ2v) is 6.54. The van der Waals surface area contributed by atoms with Crippen LogP contribution in [-0.2, 0) is 0 Å². The summed E-state index contributed by atoms with van der Waals surface area (Å²) in [6.45, 7) is 5.54. The summed E-state index contributed by atoms with van der Waals surface area (Å²) in [6, 6.07) is 0. The second-order valence-electron chi connectivity index (χ2n) is 6.54. The Hall–Kier alpha value is -0.120. The van der Waals surface area contributed by atoms with E-state index >= 15 is 0 Å². The van der Waals surface area contributed by atoms with Gasteiger partial charge in [0.25, 0.3) is 0 Å². The molecular formula is C15H33N3. The predicted molar refractivity (Wildman–Crippen MR) is 79.8 cm³/mol. The quantitative estimate of drug-likeness (QED) is 0.738. The van der Waals surface area contributed by atoms with E-state index in [0.717, 1.165) is 12.5 Å². The molecule has 1 aliphatic carbocycles. The van der Waals surface area contributed by atoms with E-state index in [2.05, 4.69) is 37.9 Å². The first-order valence-electron chi connectivity index (χ1n) is 7.56. The van der Waals surface area contributed by atoms with E-state index in [0.29, 0.717) is 0 Å². The highest BCUT2D eigenvalue weighted by Gasteiger charge is 2.34. The Bertz CT molecular complexity index is 230. The average molecular weight is 255 g/mol. The molecule has 0 aromatic rings. The maximum atomic E-state index is 6.13. The number of nitrogens with zero attached hydrogens (tertiary/aromatic N) is 2. The Kier molecular flexibility index (Phi) is 6.61. The van der Waals surface area contributed by atoms with Crippen LogP contribution in [0.3, 0.4) is 0 Å². The van der Waals surface area contributed by atoms with Crippen molar-refractivity contribution >= 4 is 0 Å². The maximum absolute atomic E-state index is 6.13. The number of rotatable bonds is 6. The van der Waals surface area contributed by atoms with Crippen LogP contribution in [0.1, 0.15) is 45.4 Å². The Morgan fingerprint density at radius 1 is 1.11 bits per heavy atom. The highest BCUT2D eigenvalue weighted by atomic mass is 15.2. The van der Waals surface area contributed by atoms with Crippen molar-refractivity contribution in [2.24, 2.45) is 11.7 Å². The molecule has 0 heterocycles. The molecule has 1 fully saturated rings. The molecule has 1 aliphatic rings. The van der Waals surface area contributed by atoms with E-state index in [9.17, 15) is 0 Å². The van der Waals surface area contributed by atoms with E-state index in [1.807, 2.05) is 0 Å². The molecule has 0 spiro atoms. The molecule has 18 heavy (non-hydrogen) atoms. The molecule has 0 aromatic carbocycles. The maximum Gasteiger partial charge on any atom is 0.0328 e. The number of nitrogens with two attached hydrogens (primary N) is 1. The fourth-order valence-electron chi connectivity index (χ4n) is 3.17. The van der Waals surface area contributed by atoms with Crippen molar-refractivity contribution < 1.29 is 0 Å². The third-order valence-corrected chi connectivity index (χ3v) is 4.73. The molecule has 0 bridgehead atoms. The van der Waals surface area contributed by atoms with E-state index < -0.39 is 0 Å². The SMILES string of the molecule is CC1CCCC(CN)(N(C)CCCN(C)C)CC1. The van der Waals surface area contributed by atoms with Gasteiger partial charge in [0.05, 0.1) is 0 Å². The van der Waals surface area contributed by atoms with Crippen molar-refractivity contribution in [1.82, 2.24) is 9.80 Å². The van der Waals surface area contributed by atoms with Crippen molar-refractivity contribution in [3.63, 3.8) is 0 Å². The highest BCUT2D eigenvalue weighted by molar-refractivity contribution is 4.92. The van der Waals surface area contributed by atoms with Gasteiger partial charge >= 0.3 is 0 Å². The van der Waals surface area contributed by atoms with Gasteiger partial charge in [-0.05, 0) is 65.8 Å². The number of hydrogen-bond acceptors (Lipinski definition) is 3. The van der Waals surface area contributed by atoms with E-state index in [1.54, 1.807) is 0 Å². The van der Waals surface area contributed by atoms with Crippen LogP contribution in [0.25, 0.3) is 0 Å². The lowest BCUT2D eigenvalue weighted by Crippen LogP contribution is -2.52. The summed E-state index contributed by atoms with van der Waals surface area (Å²) >= 11 is 0. The molecule has 3 nitrogen and oxygen atoms in total. The van der Waals surface area contributed by atoms with Gasteiger partial charge in [0.1, 0.15) is 0 Å². The first-order valence-corrected chi connectivity index (χ1v) is 7.56. The molecule has 1 saturated carbocycles. The molecule has 2 atom stereocenters. The fourth-order valence-corrected chi connectivity index (χ4v) is 3.17. The monoisotopic (exact) mass is 255 g/mol. The molecular weight excluding hydrogens is 222 g/mol. The molecule has 1 rings (SSSR count). The number of likely N-dealkylation sites (N-methyl/N-ethyl adjacent to an activating group) is 1. The third-order valence-electron chi connectivity index (χ3n) is 4.73. The molecule has 0 saturated heterocycles. The van der Waals surface area contributed by atoms with Crippen LogP contribution in [0.15, 0.2) is 0 Å². The molecule has 2 N–H and O–H groups in total. The third kappa shape index (κ3) is 4.52. The van der Waals surface area contributed by atoms with E-state index in [4.69, 9.17) is 5.73 Å². The van der Waals surface area contributed by atoms with Crippen molar-refractivity contribution in [3.8, 4) is 0 Å². The molecule has 0 aromatic heterocycles. The van der Waals surface area contributed by atoms with Crippen molar-refractivity contribution in [2.45, 2.75) is 51.0 Å². The molecule has 0 aliphatic heterocycles. The second kappa shape index (κ2) is 7.46. The zero-order chi connectivity index (χ0) is 13.6. The summed E-state index contributed by atoms with van der Waals surface area (Å²) in [7, 11) is 6.57. The van der Waals surface area contributed by atoms with Gasteiger partial charge in [-0.1, -0.05) is 19.8 Å². The normalized spacial score (nSPS) is 29.8. The van der Waals surface area contributed by atoms with Gasteiger partial charge in [-0.25, -0.2) is 0 Å². The average Bonchev–Trinajstić information content (AvgIpc) is 2.51. The smallest absolute Gasteiger partial charge is 0.0328 e. The predicted octanol–water partition coefficient (Wildman–Crippen LogP) is 2.17. The highest BCUT2D eigenvalue weighted by Crippen LogP contribution is 2.33. The molecule has 108 valence electrons. The Morgan fingerprint density at radius 3 is 2.44 bits per heavy atom.